The number of aryl methyl sites for hydroxylation is 1. The molecule has 3 aromatic rings. The van der Waals surface area contributed by atoms with Crippen molar-refractivity contribution in [3.63, 3.8) is 0 Å². The zero-order chi connectivity index (χ0) is 27.5. The monoisotopic (exact) mass is 515 g/mol. The van der Waals surface area contributed by atoms with E-state index in [1.54, 1.807) is 25.3 Å². The van der Waals surface area contributed by atoms with Crippen LogP contribution in [0.25, 0.3) is 11.3 Å². The summed E-state index contributed by atoms with van der Waals surface area (Å²) < 4.78 is 42.2. The molecule has 200 valence electrons. The molecule has 1 aromatic heterocycles. The molecule has 1 saturated carbocycles. The molecule has 0 aliphatic heterocycles. The van der Waals surface area contributed by atoms with Crippen molar-refractivity contribution in [2.45, 2.75) is 65.1 Å². The lowest BCUT2D eigenvalue weighted by Gasteiger charge is -2.24. The van der Waals surface area contributed by atoms with Crippen molar-refractivity contribution in [3.05, 3.63) is 76.6 Å². The summed E-state index contributed by atoms with van der Waals surface area (Å²) in [6.07, 6.45) is 3.22. The zero-order valence-corrected chi connectivity index (χ0v) is 21.8. The average Bonchev–Trinajstić information content (AvgIpc) is 2.89. The van der Waals surface area contributed by atoms with Crippen LogP contribution < -0.4 is 16.8 Å². The minimum atomic E-state index is -0.863. The Balaban J connectivity index is 0.00000115. The number of halogens is 3. The van der Waals surface area contributed by atoms with E-state index in [-0.39, 0.29) is 23.8 Å². The van der Waals surface area contributed by atoms with Crippen LogP contribution in [0.5, 0.6) is 0 Å². The average molecular weight is 516 g/mol. The number of carbonyl (C=O) groups excluding carboxylic acids is 1. The van der Waals surface area contributed by atoms with Crippen LogP contribution in [-0.4, -0.2) is 29.1 Å². The molecule has 1 amide bonds. The van der Waals surface area contributed by atoms with Crippen LogP contribution in [0.4, 0.5) is 19.0 Å². The SMILES string of the molecule is CC.CN.Cc1cc(F)cc(CNC(=O)c2ccc(-c3nc(C4CCCC(F)C4)cnc3N)cc2F)c1. The van der Waals surface area contributed by atoms with Gasteiger partial charge in [-0.05, 0) is 75.0 Å². The number of rotatable bonds is 5. The first kappa shape index (κ1) is 29.8. The number of anilines is 1. The summed E-state index contributed by atoms with van der Waals surface area (Å²) in [5.74, 6) is -1.68. The van der Waals surface area contributed by atoms with E-state index in [4.69, 9.17) is 5.73 Å². The van der Waals surface area contributed by atoms with Gasteiger partial charge in [0.2, 0.25) is 0 Å². The molecule has 1 heterocycles. The molecule has 2 aromatic carbocycles. The number of aromatic nitrogens is 2. The number of nitrogens with zero attached hydrogens (tertiary/aromatic N) is 2. The zero-order valence-electron chi connectivity index (χ0n) is 21.8. The third-order valence-corrected chi connectivity index (χ3v) is 5.89. The largest absolute Gasteiger partial charge is 0.382 e. The number of carbonyl (C=O) groups is 1. The first-order valence-electron chi connectivity index (χ1n) is 12.5. The Labute approximate surface area is 216 Å². The standard InChI is InChI=1S/C25H25F3N4O.C2H6.CH5N/c1-14-7-15(9-19(27)8-14)12-31-25(33)20-6-5-17(11-21(20)28)23-24(29)30-13-22(32-23)16-3-2-4-18(26)10-16;2*1-2/h5-9,11,13,16,18H,2-4,10,12H2,1H3,(H2,29,30)(H,31,33);1-2H3;2H2,1H3. The summed E-state index contributed by atoms with van der Waals surface area (Å²) >= 11 is 0. The Morgan fingerprint density at radius 2 is 1.84 bits per heavy atom. The Bertz CT molecular complexity index is 1170. The van der Waals surface area contributed by atoms with Crippen molar-refractivity contribution in [3.8, 4) is 11.3 Å². The van der Waals surface area contributed by atoms with Crippen molar-refractivity contribution in [1.29, 1.82) is 0 Å². The van der Waals surface area contributed by atoms with E-state index in [0.717, 1.165) is 18.4 Å². The van der Waals surface area contributed by atoms with Gasteiger partial charge in [0.15, 0.2) is 0 Å². The first-order valence-corrected chi connectivity index (χ1v) is 12.5. The van der Waals surface area contributed by atoms with Gasteiger partial charge in [0.05, 0.1) is 17.5 Å². The van der Waals surface area contributed by atoms with Crippen LogP contribution in [-0.2, 0) is 6.54 Å². The summed E-state index contributed by atoms with van der Waals surface area (Å²) in [6.45, 7) is 5.82. The molecule has 1 aliphatic rings. The lowest BCUT2D eigenvalue weighted by Crippen LogP contribution is -2.24. The smallest absolute Gasteiger partial charge is 0.254 e. The first-order chi connectivity index (χ1) is 17.8. The van der Waals surface area contributed by atoms with Crippen LogP contribution in [0, 0.1) is 18.6 Å². The molecule has 4 rings (SSSR count). The second-order valence-corrected chi connectivity index (χ2v) is 8.50. The lowest BCUT2D eigenvalue weighted by atomic mass is 9.86. The van der Waals surface area contributed by atoms with Gasteiger partial charge >= 0.3 is 0 Å². The molecule has 9 heteroatoms. The Hall–Kier alpha value is -3.46. The lowest BCUT2D eigenvalue weighted by molar-refractivity contribution is 0.0947. The van der Waals surface area contributed by atoms with E-state index in [1.165, 1.54) is 31.3 Å². The van der Waals surface area contributed by atoms with Crippen molar-refractivity contribution < 1.29 is 18.0 Å². The quantitative estimate of drug-likeness (QED) is 0.396. The minimum Gasteiger partial charge on any atom is -0.382 e. The van der Waals surface area contributed by atoms with Gasteiger partial charge in [-0.2, -0.15) is 0 Å². The van der Waals surface area contributed by atoms with E-state index in [0.29, 0.717) is 35.4 Å². The number of alkyl halides is 1. The number of amides is 1. The molecule has 1 aliphatic carbocycles. The Morgan fingerprint density at radius 3 is 2.49 bits per heavy atom. The van der Waals surface area contributed by atoms with E-state index in [2.05, 4.69) is 21.0 Å². The molecular weight excluding hydrogens is 479 g/mol. The second-order valence-electron chi connectivity index (χ2n) is 8.50. The maximum Gasteiger partial charge on any atom is 0.254 e. The second kappa shape index (κ2) is 14.3. The number of nitrogens with two attached hydrogens (primary N) is 2. The third-order valence-electron chi connectivity index (χ3n) is 5.89. The normalized spacial score (nSPS) is 16.5. The highest BCUT2D eigenvalue weighted by molar-refractivity contribution is 5.95. The van der Waals surface area contributed by atoms with Gasteiger partial charge in [0, 0.05) is 18.0 Å². The number of hydrogen-bond acceptors (Lipinski definition) is 5. The molecule has 0 spiro atoms. The predicted octanol–water partition coefficient (Wildman–Crippen LogP) is 5.84. The number of nitrogens with one attached hydrogen (secondary N) is 1. The van der Waals surface area contributed by atoms with E-state index < -0.39 is 23.7 Å². The molecular formula is C28H36F3N5O. The summed E-state index contributed by atoms with van der Waals surface area (Å²) in [5.41, 5.74) is 13.0. The molecule has 0 saturated heterocycles. The summed E-state index contributed by atoms with van der Waals surface area (Å²) in [5, 5.41) is 2.60. The highest BCUT2D eigenvalue weighted by Gasteiger charge is 2.25. The summed E-state index contributed by atoms with van der Waals surface area (Å²) in [6, 6.07) is 8.53. The van der Waals surface area contributed by atoms with Gasteiger partial charge < -0.3 is 16.8 Å². The van der Waals surface area contributed by atoms with Crippen molar-refractivity contribution in [2.24, 2.45) is 5.73 Å². The van der Waals surface area contributed by atoms with Gasteiger partial charge in [0.1, 0.15) is 29.3 Å². The molecule has 5 N–H and O–H groups in total. The van der Waals surface area contributed by atoms with E-state index >= 15 is 0 Å². The fourth-order valence-electron chi connectivity index (χ4n) is 4.26. The third kappa shape index (κ3) is 8.01. The van der Waals surface area contributed by atoms with Crippen molar-refractivity contribution >= 4 is 11.7 Å². The van der Waals surface area contributed by atoms with E-state index in [9.17, 15) is 18.0 Å². The fraction of sp³-hybridized carbons (Fsp3) is 0.393. The van der Waals surface area contributed by atoms with Gasteiger partial charge in [-0.15, -0.1) is 0 Å². The molecule has 2 unspecified atom stereocenters. The Kier molecular flexibility index (Phi) is 11.5. The number of benzene rings is 2. The highest BCUT2D eigenvalue weighted by Crippen LogP contribution is 2.35. The van der Waals surface area contributed by atoms with Crippen LogP contribution in [0.15, 0.2) is 42.6 Å². The topological polar surface area (TPSA) is 107 Å². The maximum absolute atomic E-state index is 14.8. The van der Waals surface area contributed by atoms with Crippen molar-refractivity contribution in [2.75, 3.05) is 12.8 Å². The summed E-state index contributed by atoms with van der Waals surface area (Å²) in [4.78, 5) is 21.2. The summed E-state index contributed by atoms with van der Waals surface area (Å²) in [7, 11) is 1.50. The molecule has 2 atom stereocenters. The Morgan fingerprint density at radius 1 is 1.11 bits per heavy atom. The molecule has 1 fully saturated rings. The highest BCUT2D eigenvalue weighted by atomic mass is 19.1. The van der Waals surface area contributed by atoms with Gasteiger partial charge in [0.25, 0.3) is 5.91 Å². The molecule has 6 nitrogen and oxygen atoms in total. The maximum atomic E-state index is 14.8. The predicted molar refractivity (Wildman–Crippen MR) is 142 cm³/mol. The van der Waals surface area contributed by atoms with Crippen molar-refractivity contribution in [1.82, 2.24) is 15.3 Å². The molecule has 0 radical (unpaired) electrons. The fourth-order valence-corrected chi connectivity index (χ4v) is 4.26. The van der Waals surface area contributed by atoms with Gasteiger partial charge in [-0.25, -0.2) is 23.1 Å². The minimum absolute atomic E-state index is 0.0537. The van der Waals surface area contributed by atoms with E-state index in [1.807, 2.05) is 13.8 Å². The van der Waals surface area contributed by atoms with Gasteiger partial charge in [-0.1, -0.05) is 26.0 Å². The molecule has 0 bridgehead atoms. The number of hydrogen-bond donors (Lipinski definition) is 3. The molecule has 37 heavy (non-hydrogen) atoms. The van der Waals surface area contributed by atoms with Gasteiger partial charge in [-0.3, -0.25) is 4.79 Å². The van der Waals surface area contributed by atoms with Crippen LogP contribution in [0.1, 0.15) is 72.6 Å². The van der Waals surface area contributed by atoms with Crippen LogP contribution in [0.3, 0.4) is 0 Å². The number of nitrogen functional groups attached to an aromatic ring is 1. The van der Waals surface area contributed by atoms with Crippen LogP contribution >= 0.6 is 0 Å². The van der Waals surface area contributed by atoms with Crippen LogP contribution in [0.2, 0.25) is 0 Å².